The topological polar surface area (TPSA) is 180 Å². The first-order chi connectivity index (χ1) is 17.2. The van der Waals surface area contributed by atoms with Crippen LogP contribution in [0.25, 0.3) is 33.8 Å². The number of nitrogens with one attached hydrogen (secondary N) is 1. The first-order valence-electron chi connectivity index (χ1n) is 10.6. The quantitative estimate of drug-likeness (QED) is 0.156. The highest BCUT2D eigenvalue weighted by Crippen LogP contribution is 2.36. The van der Waals surface area contributed by atoms with Crippen molar-refractivity contribution >= 4 is 22.8 Å². The molecular formula is C21H23F3N8O4. The minimum atomic E-state index is -5.08. The summed E-state index contributed by atoms with van der Waals surface area (Å²) in [4.78, 5) is 18.3. The number of carboxylic acid groups (broad SMARTS) is 1. The van der Waals surface area contributed by atoms with Gasteiger partial charge in [0, 0.05) is 18.7 Å². The second-order valence-corrected chi connectivity index (χ2v) is 7.17. The van der Waals surface area contributed by atoms with Crippen molar-refractivity contribution in [2.24, 2.45) is 5.84 Å². The summed E-state index contributed by atoms with van der Waals surface area (Å²) in [7, 11) is 0. The van der Waals surface area contributed by atoms with E-state index in [2.05, 4.69) is 20.7 Å². The van der Waals surface area contributed by atoms with Crippen LogP contribution in [0.15, 0.2) is 41.2 Å². The van der Waals surface area contributed by atoms with Crippen molar-refractivity contribution in [3.8, 4) is 28.5 Å². The van der Waals surface area contributed by atoms with Gasteiger partial charge in [-0.25, -0.2) is 19.4 Å². The van der Waals surface area contributed by atoms with Crippen molar-refractivity contribution in [2.45, 2.75) is 26.1 Å². The molecule has 3 heterocycles. The van der Waals surface area contributed by atoms with E-state index in [1.165, 1.54) is 0 Å². The number of imidazole rings is 1. The second kappa shape index (κ2) is 11.5. The number of aromatic nitrogens is 5. The third kappa shape index (κ3) is 5.87. The molecule has 3 aromatic heterocycles. The lowest BCUT2D eigenvalue weighted by Gasteiger charge is -2.11. The molecule has 12 nitrogen and oxygen atoms in total. The van der Waals surface area contributed by atoms with Gasteiger partial charge in [-0.15, -0.1) is 0 Å². The number of alkyl halides is 3. The maximum Gasteiger partial charge on any atom is 0.490 e. The molecule has 0 aliphatic carbocycles. The largest absolute Gasteiger partial charge is 0.490 e. The number of fused-ring (bicyclic) bond motifs is 1. The van der Waals surface area contributed by atoms with Gasteiger partial charge in [0.15, 0.2) is 23.1 Å². The van der Waals surface area contributed by atoms with Gasteiger partial charge in [0.2, 0.25) is 0 Å². The first kappa shape index (κ1) is 26.4. The number of halogens is 3. The van der Waals surface area contributed by atoms with Crippen molar-refractivity contribution in [2.75, 3.05) is 18.9 Å². The summed E-state index contributed by atoms with van der Waals surface area (Å²) in [6, 6.07) is 9.87. The van der Waals surface area contributed by atoms with Crippen molar-refractivity contribution in [1.82, 2.24) is 30.3 Å². The number of hydrazine groups is 1. The monoisotopic (exact) mass is 508 g/mol. The zero-order chi connectivity index (χ0) is 26.3. The van der Waals surface area contributed by atoms with E-state index in [9.17, 15) is 13.2 Å². The molecule has 15 heteroatoms. The van der Waals surface area contributed by atoms with Crippen LogP contribution in [0.5, 0.6) is 5.75 Å². The summed E-state index contributed by atoms with van der Waals surface area (Å²) in [5.74, 6) is 3.95. The number of carboxylic acids is 1. The van der Waals surface area contributed by atoms with Crippen molar-refractivity contribution in [3.63, 3.8) is 0 Å². The molecule has 0 bridgehead atoms. The summed E-state index contributed by atoms with van der Waals surface area (Å²) in [5.41, 5.74) is 12.2. The zero-order valence-electron chi connectivity index (χ0n) is 19.0. The molecule has 0 aliphatic heterocycles. The summed E-state index contributed by atoms with van der Waals surface area (Å²) < 4.78 is 44.5. The van der Waals surface area contributed by atoms with Crippen LogP contribution >= 0.6 is 0 Å². The van der Waals surface area contributed by atoms with E-state index in [0.717, 1.165) is 23.2 Å². The highest BCUT2D eigenvalue weighted by atomic mass is 19.4. The summed E-state index contributed by atoms with van der Waals surface area (Å²) in [6.45, 7) is 3.78. The van der Waals surface area contributed by atoms with E-state index < -0.39 is 12.1 Å². The van der Waals surface area contributed by atoms with Crippen LogP contribution in [0.4, 0.5) is 19.0 Å². The van der Waals surface area contributed by atoms with Crippen LogP contribution in [-0.4, -0.2) is 55.3 Å². The number of hydrogen-bond donors (Lipinski definition) is 4. The standard InChI is InChI=1S/C19H22N8O2.C2HF3O2/c1-2-27-17-13(28-10-6-9-23-21)11-22-14(12-7-4-3-5-8-12)15(17)24-19(27)16-18(20)26-29-25-16;3-2(4,5)1(6)7/h3-5,7-8,11,23H,2,6,9-10,21H2,1H3,(H2,20,26);(H,6,7). The predicted octanol–water partition coefficient (Wildman–Crippen LogP) is 2.62. The Morgan fingerprint density at radius 2 is 1.92 bits per heavy atom. The lowest BCUT2D eigenvalue weighted by atomic mass is 10.1. The van der Waals surface area contributed by atoms with Gasteiger partial charge in [-0.3, -0.25) is 11.3 Å². The fourth-order valence-electron chi connectivity index (χ4n) is 3.22. The summed E-state index contributed by atoms with van der Waals surface area (Å²) in [5, 5.41) is 14.7. The Morgan fingerprint density at radius 3 is 2.47 bits per heavy atom. The fourth-order valence-corrected chi connectivity index (χ4v) is 3.22. The second-order valence-electron chi connectivity index (χ2n) is 7.17. The number of nitrogens with zero attached hydrogens (tertiary/aromatic N) is 5. The normalized spacial score (nSPS) is 11.2. The van der Waals surface area contributed by atoms with Crippen LogP contribution < -0.4 is 21.7 Å². The van der Waals surface area contributed by atoms with Gasteiger partial charge in [0.05, 0.1) is 18.5 Å². The minimum absolute atomic E-state index is 0.181. The Hall–Kier alpha value is -4.24. The molecular weight excluding hydrogens is 485 g/mol. The number of pyridine rings is 1. The van der Waals surface area contributed by atoms with E-state index in [0.29, 0.717) is 42.5 Å². The van der Waals surface area contributed by atoms with Crippen LogP contribution in [0, 0.1) is 0 Å². The maximum absolute atomic E-state index is 10.6. The molecule has 0 atom stereocenters. The van der Waals surface area contributed by atoms with E-state index in [1.807, 2.05) is 41.8 Å². The Morgan fingerprint density at radius 1 is 1.22 bits per heavy atom. The molecule has 4 rings (SSSR count). The Labute approximate surface area is 202 Å². The van der Waals surface area contributed by atoms with Gasteiger partial charge >= 0.3 is 12.1 Å². The van der Waals surface area contributed by atoms with E-state index in [4.69, 9.17) is 35.8 Å². The number of nitrogen functional groups attached to an aromatic ring is 1. The van der Waals surface area contributed by atoms with Crippen LogP contribution in [-0.2, 0) is 11.3 Å². The molecule has 36 heavy (non-hydrogen) atoms. The molecule has 0 spiro atoms. The fraction of sp³-hybridized carbons (Fsp3) is 0.286. The molecule has 0 aliphatic rings. The molecule has 6 N–H and O–H groups in total. The number of carbonyl (C=O) groups is 1. The van der Waals surface area contributed by atoms with Gasteiger partial charge in [-0.1, -0.05) is 30.3 Å². The zero-order valence-corrected chi connectivity index (χ0v) is 19.0. The molecule has 0 radical (unpaired) electrons. The molecule has 0 unspecified atom stereocenters. The summed E-state index contributed by atoms with van der Waals surface area (Å²) in [6.07, 6.45) is -2.60. The average molecular weight is 508 g/mol. The summed E-state index contributed by atoms with van der Waals surface area (Å²) >= 11 is 0. The Kier molecular flexibility index (Phi) is 8.39. The molecule has 0 amide bonds. The molecule has 0 fully saturated rings. The molecule has 192 valence electrons. The van der Waals surface area contributed by atoms with Gasteiger partial charge in [-0.05, 0) is 23.7 Å². The van der Waals surface area contributed by atoms with Crippen molar-refractivity contribution < 1.29 is 32.4 Å². The first-order valence-corrected chi connectivity index (χ1v) is 10.6. The van der Waals surface area contributed by atoms with Crippen molar-refractivity contribution in [3.05, 3.63) is 36.5 Å². The molecule has 0 saturated carbocycles. The number of aryl methyl sites for hydroxylation is 1. The van der Waals surface area contributed by atoms with Crippen LogP contribution in [0.1, 0.15) is 13.3 Å². The third-order valence-electron chi connectivity index (χ3n) is 4.79. The van der Waals surface area contributed by atoms with E-state index >= 15 is 0 Å². The Bertz CT molecular complexity index is 1310. The number of ether oxygens (including phenoxy) is 1. The van der Waals surface area contributed by atoms with Gasteiger partial charge < -0.3 is 20.1 Å². The average Bonchev–Trinajstić information content (AvgIpc) is 3.45. The number of rotatable bonds is 8. The Balaban J connectivity index is 0.000000454. The number of hydrogen-bond acceptors (Lipinski definition) is 10. The van der Waals surface area contributed by atoms with Gasteiger partial charge in [0.25, 0.3) is 0 Å². The molecule has 0 saturated heterocycles. The van der Waals surface area contributed by atoms with E-state index in [-0.39, 0.29) is 5.82 Å². The lowest BCUT2D eigenvalue weighted by molar-refractivity contribution is -0.192. The number of benzene rings is 1. The number of aliphatic carboxylic acids is 1. The third-order valence-corrected chi connectivity index (χ3v) is 4.79. The smallest absolute Gasteiger partial charge is 0.490 e. The number of anilines is 1. The maximum atomic E-state index is 10.6. The van der Waals surface area contributed by atoms with Crippen LogP contribution in [0.2, 0.25) is 0 Å². The molecule has 1 aromatic carbocycles. The minimum Gasteiger partial charge on any atom is -0.490 e. The van der Waals surface area contributed by atoms with Gasteiger partial charge in [0.1, 0.15) is 11.0 Å². The SMILES string of the molecule is CCn1c(-c2nonc2N)nc2c(-c3ccccc3)ncc(OCCCNN)c21.O=C(O)C(F)(F)F. The number of nitrogens with two attached hydrogens (primary N) is 2. The van der Waals surface area contributed by atoms with Crippen LogP contribution in [0.3, 0.4) is 0 Å². The van der Waals surface area contributed by atoms with Gasteiger partial charge in [-0.2, -0.15) is 13.2 Å². The van der Waals surface area contributed by atoms with Crippen molar-refractivity contribution in [1.29, 1.82) is 0 Å². The highest BCUT2D eigenvalue weighted by Gasteiger charge is 2.38. The molecule has 4 aromatic rings. The lowest BCUT2D eigenvalue weighted by Crippen LogP contribution is -2.24. The predicted molar refractivity (Wildman–Crippen MR) is 122 cm³/mol. The van der Waals surface area contributed by atoms with E-state index in [1.54, 1.807) is 6.20 Å². The highest BCUT2D eigenvalue weighted by molar-refractivity contribution is 5.95.